The molecule has 0 aliphatic rings. The number of rotatable bonds is 6. The molecule has 0 spiro atoms. The summed E-state index contributed by atoms with van der Waals surface area (Å²) in [5.74, 6) is 0. The predicted octanol–water partition coefficient (Wildman–Crippen LogP) is 4.96. The number of hydrogen-bond donors (Lipinski definition) is 1. The molecule has 1 atom stereocenters. The molecule has 0 fully saturated rings. The third-order valence-electron chi connectivity index (χ3n) is 3.63. The van der Waals surface area contributed by atoms with E-state index < -0.39 is 0 Å². The first-order valence-corrected chi connectivity index (χ1v) is 8.37. The van der Waals surface area contributed by atoms with Crippen molar-refractivity contribution in [3.8, 4) is 0 Å². The summed E-state index contributed by atoms with van der Waals surface area (Å²) in [5.41, 5.74) is 2.84. The van der Waals surface area contributed by atoms with Gasteiger partial charge in [0, 0.05) is 34.8 Å². The first-order chi connectivity index (χ1) is 9.28. The molecule has 0 amide bonds. The van der Waals surface area contributed by atoms with Gasteiger partial charge < -0.3 is 10.2 Å². The van der Waals surface area contributed by atoms with Crippen LogP contribution in [-0.2, 0) is 6.54 Å². The highest BCUT2D eigenvalue weighted by Gasteiger charge is 2.16. The lowest BCUT2D eigenvalue weighted by molar-refractivity contribution is 0.424. The quantitative estimate of drug-likeness (QED) is 0.786. The van der Waals surface area contributed by atoms with Crippen LogP contribution in [0.2, 0.25) is 0 Å². The average molecular weight is 341 g/mol. The summed E-state index contributed by atoms with van der Waals surface area (Å²) in [6, 6.07) is 7.16. The van der Waals surface area contributed by atoms with E-state index in [1.165, 1.54) is 11.3 Å². The Labute approximate surface area is 133 Å². The van der Waals surface area contributed by atoms with Crippen molar-refractivity contribution in [3.05, 3.63) is 28.2 Å². The molecule has 0 aromatic heterocycles. The van der Waals surface area contributed by atoms with Crippen molar-refractivity contribution in [2.24, 2.45) is 0 Å². The summed E-state index contributed by atoms with van der Waals surface area (Å²) in [6.45, 7) is 15.3. The van der Waals surface area contributed by atoms with Gasteiger partial charge in [-0.05, 0) is 58.7 Å². The Morgan fingerprint density at radius 1 is 1.25 bits per heavy atom. The van der Waals surface area contributed by atoms with E-state index in [9.17, 15) is 0 Å². The van der Waals surface area contributed by atoms with E-state index in [1.54, 1.807) is 0 Å². The molecule has 114 valence electrons. The van der Waals surface area contributed by atoms with Gasteiger partial charge in [0.15, 0.2) is 0 Å². The fourth-order valence-corrected chi connectivity index (χ4v) is 2.60. The molecule has 1 rings (SSSR count). The molecule has 1 N–H and O–H groups in total. The van der Waals surface area contributed by atoms with Crippen LogP contribution in [0.1, 0.15) is 53.5 Å². The van der Waals surface area contributed by atoms with E-state index in [2.05, 4.69) is 85.9 Å². The Morgan fingerprint density at radius 3 is 2.40 bits per heavy atom. The van der Waals surface area contributed by atoms with Gasteiger partial charge >= 0.3 is 0 Å². The Bertz CT molecular complexity index is 423. The van der Waals surface area contributed by atoms with Crippen LogP contribution in [0.25, 0.3) is 0 Å². The number of nitrogens with one attached hydrogen (secondary N) is 1. The summed E-state index contributed by atoms with van der Waals surface area (Å²) < 4.78 is 1.15. The molecule has 0 radical (unpaired) electrons. The molecule has 0 saturated carbocycles. The summed E-state index contributed by atoms with van der Waals surface area (Å²) >= 11 is 3.61. The lowest BCUT2D eigenvalue weighted by atomic mass is 10.1. The first kappa shape index (κ1) is 17.5. The van der Waals surface area contributed by atoms with Crippen molar-refractivity contribution >= 4 is 21.6 Å². The van der Waals surface area contributed by atoms with Gasteiger partial charge in [-0.25, -0.2) is 0 Å². The van der Waals surface area contributed by atoms with Gasteiger partial charge in [-0.1, -0.05) is 28.9 Å². The Balaban J connectivity index is 3.06. The van der Waals surface area contributed by atoms with E-state index in [0.717, 1.165) is 24.0 Å². The predicted molar refractivity (Wildman–Crippen MR) is 93.5 cm³/mol. The smallest absolute Gasteiger partial charge is 0.0425 e. The lowest BCUT2D eigenvalue weighted by Crippen LogP contribution is -2.37. The highest BCUT2D eigenvalue weighted by Crippen LogP contribution is 2.28. The monoisotopic (exact) mass is 340 g/mol. The average Bonchev–Trinajstić information content (AvgIpc) is 2.37. The molecule has 1 unspecified atom stereocenters. The number of hydrogen-bond acceptors (Lipinski definition) is 2. The van der Waals surface area contributed by atoms with Gasteiger partial charge in [-0.2, -0.15) is 0 Å². The zero-order valence-electron chi connectivity index (χ0n) is 13.8. The molecular formula is C17H29BrN2. The standard InChI is InChI=1S/C17H29BrN2/c1-7-13(3)20(8-2)16-11-15(18)10-9-14(16)12-19-17(4,5)6/h9-11,13,19H,7-8,12H2,1-6H3. The third kappa shape index (κ3) is 5.10. The minimum atomic E-state index is 0.137. The van der Waals surface area contributed by atoms with Gasteiger partial charge in [-0.15, -0.1) is 0 Å². The number of benzene rings is 1. The topological polar surface area (TPSA) is 15.3 Å². The number of nitrogens with zero attached hydrogens (tertiary/aromatic N) is 1. The summed E-state index contributed by atoms with van der Waals surface area (Å²) in [7, 11) is 0. The lowest BCUT2D eigenvalue weighted by Gasteiger charge is -2.32. The molecule has 2 nitrogen and oxygen atoms in total. The van der Waals surface area contributed by atoms with E-state index in [-0.39, 0.29) is 5.54 Å². The van der Waals surface area contributed by atoms with Gasteiger partial charge in [0.25, 0.3) is 0 Å². The fraction of sp³-hybridized carbons (Fsp3) is 0.647. The molecule has 0 aliphatic carbocycles. The minimum Gasteiger partial charge on any atom is -0.369 e. The van der Waals surface area contributed by atoms with Gasteiger partial charge in [0.1, 0.15) is 0 Å². The molecule has 1 aromatic rings. The van der Waals surface area contributed by atoms with Crippen LogP contribution in [0.5, 0.6) is 0 Å². The van der Waals surface area contributed by atoms with Crippen LogP contribution in [0.4, 0.5) is 5.69 Å². The van der Waals surface area contributed by atoms with Crippen molar-refractivity contribution in [1.29, 1.82) is 0 Å². The maximum atomic E-state index is 3.61. The zero-order chi connectivity index (χ0) is 15.3. The number of anilines is 1. The zero-order valence-corrected chi connectivity index (χ0v) is 15.3. The fourth-order valence-electron chi connectivity index (χ4n) is 2.25. The second kappa shape index (κ2) is 7.46. The first-order valence-electron chi connectivity index (χ1n) is 7.58. The molecule has 0 bridgehead atoms. The normalized spacial score (nSPS) is 13.3. The van der Waals surface area contributed by atoms with Crippen molar-refractivity contribution < 1.29 is 0 Å². The van der Waals surface area contributed by atoms with Gasteiger partial charge in [0.2, 0.25) is 0 Å². The van der Waals surface area contributed by atoms with Crippen LogP contribution >= 0.6 is 15.9 Å². The van der Waals surface area contributed by atoms with Crippen molar-refractivity contribution in [1.82, 2.24) is 5.32 Å². The van der Waals surface area contributed by atoms with E-state index in [4.69, 9.17) is 0 Å². The van der Waals surface area contributed by atoms with E-state index >= 15 is 0 Å². The van der Waals surface area contributed by atoms with Crippen LogP contribution in [0.3, 0.4) is 0 Å². The maximum absolute atomic E-state index is 3.61. The molecular weight excluding hydrogens is 312 g/mol. The van der Waals surface area contributed by atoms with Crippen LogP contribution in [0, 0.1) is 0 Å². The highest BCUT2D eigenvalue weighted by molar-refractivity contribution is 9.10. The Morgan fingerprint density at radius 2 is 1.90 bits per heavy atom. The molecule has 20 heavy (non-hydrogen) atoms. The summed E-state index contributed by atoms with van der Waals surface area (Å²) in [5, 5.41) is 3.59. The van der Waals surface area contributed by atoms with Crippen LogP contribution in [-0.4, -0.2) is 18.1 Å². The van der Waals surface area contributed by atoms with Crippen molar-refractivity contribution in [2.75, 3.05) is 11.4 Å². The van der Waals surface area contributed by atoms with Crippen LogP contribution in [0.15, 0.2) is 22.7 Å². The van der Waals surface area contributed by atoms with E-state index in [0.29, 0.717) is 6.04 Å². The second-order valence-corrected chi connectivity index (χ2v) is 7.34. The minimum absolute atomic E-state index is 0.137. The molecule has 3 heteroatoms. The summed E-state index contributed by atoms with van der Waals surface area (Å²) in [4.78, 5) is 2.49. The van der Waals surface area contributed by atoms with Gasteiger partial charge in [0.05, 0.1) is 0 Å². The largest absolute Gasteiger partial charge is 0.369 e. The van der Waals surface area contributed by atoms with Crippen LogP contribution < -0.4 is 10.2 Å². The Kier molecular flexibility index (Phi) is 6.53. The molecule has 0 saturated heterocycles. The van der Waals surface area contributed by atoms with Gasteiger partial charge in [-0.3, -0.25) is 0 Å². The van der Waals surface area contributed by atoms with E-state index in [1.807, 2.05) is 0 Å². The molecule has 0 aliphatic heterocycles. The number of halogens is 1. The third-order valence-corrected chi connectivity index (χ3v) is 4.12. The molecule has 0 heterocycles. The second-order valence-electron chi connectivity index (χ2n) is 6.42. The summed E-state index contributed by atoms with van der Waals surface area (Å²) in [6.07, 6.45) is 1.16. The SMILES string of the molecule is CCC(C)N(CC)c1cc(Br)ccc1CNC(C)(C)C. The Hall–Kier alpha value is -0.540. The molecule has 1 aromatic carbocycles. The highest BCUT2D eigenvalue weighted by atomic mass is 79.9. The van der Waals surface area contributed by atoms with Crippen molar-refractivity contribution in [3.63, 3.8) is 0 Å². The maximum Gasteiger partial charge on any atom is 0.0425 e. The van der Waals surface area contributed by atoms with Crippen molar-refractivity contribution in [2.45, 2.75) is 66.1 Å².